The molecule has 8 heteroatoms. The molecule has 1 N–H and O–H groups in total. The number of anilines is 1. The van der Waals surface area contributed by atoms with Crippen LogP contribution in [0.2, 0.25) is 0 Å². The van der Waals surface area contributed by atoms with Gasteiger partial charge in [0.2, 0.25) is 0 Å². The fourth-order valence-corrected chi connectivity index (χ4v) is 3.79. The average Bonchev–Trinajstić information content (AvgIpc) is 3.35. The van der Waals surface area contributed by atoms with Crippen molar-refractivity contribution in [2.24, 2.45) is 0 Å². The van der Waals surface area contributed by atoms with Crippen molar-refractivity contribution in [1.82, 2.24) is 5.32 Å². The molecule has 1 atom stereocenters. The van der Waals surface area contributed by atoms with E-state index in [-0.39, 0.29) is 49.2 Å². The molecular formula is C28H30N2O6. The number of carbonyl (C=O) groups is 3. The van der Waals surface area contributed by atoms with Crippen LogP contribution in [0.25, 0.3) is 0 Å². The Morgan fingerprint density at radius 3 is 2.72 bits per heavy atom. The largest absolute Gasteiger partial charge is 0.485 e. The van der Waals surface area contributed by atoms with Gasteiger partial charge >= 0.3 is 0 Å². The molecule has 2 heterocycles. The SMILES string of the molecule is CC[C@@H](C)NC(=O)c1ccc(CN2C(=O)COc3ccc(C(=O)COc4cccc(C)c4C)cc32)o1. The van der Waals surface area contributed by atoms with E-state index in [1.54, 1.807) is 30.3 Å². The molecule has 0 radical (unpaired) electrons. The maximum atomic E-state index is 12.9. The summed E-state index contributed by atoms with van der Waals surface area (Å²) in [5.74, 6) is 0.968. The lowest BCUT2D eigenvalue weighted by Crippen LogP contribution is -2.38. The van der Waals surface area contributed by atoms with Crippen LogP contribution in [0.1, 0.15) is 58.1 Å². The van der Waals surface area contributed by atoms with Crippen molar-refractivity contribution in [3.63, 3.8) is 0 Å². The van der Waals surface area contributed by atoms with Gasteiger partial charge in [0.25, 0.3) is 11.8 Å². The van der Waals surface area contributed by atoms with Crippen LogP contribution in [0.3, 0.4) is 0 Å². The van der Waals surface area contributed by atoms with Gasteiger partial charge in [-0.1, -0.05) is 19.1 Å². The van der Waals surface area contributed by atoms with Crippen molar-refractivity contribution in [2.75, 3.05) is 18.1 Å². The van der Waals surface area contributed by atoms with Crippen LogP contribution >= 0.6 is 0 Å². The molecule has 1 aromatic heterocycles. The molecule has 0 saturated heterocycles. The van der Waals surface area contributed by atoms with Crippen molar-refractivity contribution < 1.29 is 28.3 Å². The van der Waals surface area contributed by atoms with Gasteiger partial charge in [-0.25, -0.2) is 0 Å². The van der Waals surface area contributed by atoms with E-state index >= 15 is 0 Å². The number of Topliss-reactive ketones (excluding diaryl/α,β-unsaturated/α-hetero) is 1. The van der Waals surface area contributed by atoms with Crippen LogP contribution in [-0.2, 0) is 11.3 Å². The van der Waals surface area contributed by atoms with Crippen molar-refractivity contribution in [3.05, 3.63) is 76.7 Å². The lowest BCUT2D eigenvalue weighted by atomic mass is 10.1. The van der Waals surface area contributed by atoms with Crippen LogP contribution in [0.4, 0.5) is 5.69 Å². The van der Waals surface area contributed by atoms with Gasteiger partial charge in [-0.15, -0.1) is 0 Å². The van der Waals surface area contributed by atoms with Gasteiger partial charge in [0.15, 0.2) is 24.8 Å². The molecule has 0 unspecified atom stereocenters. The summed E-state index contributed by atoms with van der Waals surface area (Å²) in [6, 6.07) is 13.9. The molecule has 0 fully saturated rings. The number of fused-ring (bicyclic) bond motifs is 1. The first-order valence-electron chi connectivity index (χ1n) is 12.0. The monoisotopic (exact) mass is 490 g/mol. The van der Waals surface area contributed by atoms with Gasteiger partial charge in [0.1, 0.15) is 17.3 Å². The maximum Gasteiger partial charge on any atom is 0.287 e. The summed E-state index contributed by atoms with van der Waals surface area (Å²) in [7, 11) is 0. The number of aryl methyl sites for hydroxylation is 1. The second-order valence-corrected chi connectivity index (χ2v) is 8.91. The van der Waals surface area contributed by atoms with Crippen molar-refractivity contribution in [2.45, 2.75) is 46.7 Å². The Labute approximate surface area is 210 Å². The van der Waals surface area contributed by atoms with Crippen LogP contribution in [-0.4, -0.2) is 36.9 Å². The Hall–Kier alpha value is -4.07. The molecule has 1 aliphatic heterocycles. The number of hydrogen-bond acceptors (Lipinski definition) is 6. The molecule has 188 valence electrons. The maximum absolute atomic E-state index is 12.9. The lowest BCUT2D eigenvalue weighted by Gasteiger charge is -2.29. The molecule has 1 aliphatic rings. The first-order valence-corrected chi connectivity index (χ1v) is 12.0. The number of carbonyl (C=O) groups excluding carboxylic acids is 3. The molecule has 8 nitrogen and oxygen atoms in total. The van der Waals surface area contributed by atoms with Crippen molar-refractivity contribution in [1.29, 1.82) is 0 Å². The second kappa shape index (κ2) is 10.7. The van der Waals surface area contributed by atoms with Crippen LogP contribution in [0.5, 0.6) is 11.5 Å². The van der Waals surface area contributed by atoms with Gasteiger partial charge in [-0.05, 0) is 74.7 Å². The fourth-order valence-electron chi connectivity index (χ4n) is 3.79. The summed E-state index contributed by atoms with van der Waals surface area (Å²) >= 11 is 0. The topological polar surface area (TPSA) is 98.1 Å². The summed E-state index contributed by atoms with van der Waals surface area (Å²) < 4.78 is 17.0. The smallest absolute Gasteiger partial charge is 0.287 e. The fraction of sp³-hybridized carbons (Fsp3) is 0.321. The molecule has 2 amide bonds. The van der Waals surface area contributed by atoms with E-state index in [4.69, 9.17) is 13.9 Å². The third-order valence-corrected chi connectivity index (χ3v) is 6.33. The van der Waals surface area contributed by atoms with E-state index < -0.39 is 0 Å². The van der Waals surface area contributed by atoms with Crippen LogP contribution in [0, 0.1) is 13.8 Å². The molecule has 4 rings (SSSR count). The van der Waals surface area contributed by atoms with E-state index in [0.717, 1.165) is 17.5 Å². The second-order valence-electron chi connectivity index (χ2n) is 8.91. The summed E-state index contributed by atoms with van der Waals surface area (Å²) in [5, 5.41) is 2.85. The van der Waals surface area contributed by atoms with E-state index in [1.807, 2.05) is 45.9 Å². The third kappa shape index (κ3) is 5.43. The summed E-state index contributed by atoms with van der Waals surface area (Å²) in [5.41, 5.74) is 2.93. The average molecular weight is 491 g/mol. The summed E-state index contributed by atoms with van der Waals surface area (Å²) in [6.45, 7) is 7.67. The number of nitrogens with zero attached hydrogens (tertiary/aromatic N) is 1. The van der Waals surface area contributed by atoms with Crippen molar-refractivity contribution >= 4 is 23.3 Å². The molecular weight excluding hydrogens is 460 g/mol. The summed E-state index contributed by atoms with van der Waals surface area (Å²) in [4.78, 5) is 39.5. The first-order chi connectivity index (χ1) is 17.3. The number of ketones is 1. The molecule has 0 saturated carbocycles. The normalized spacial score (nSPS) is 13.6. The molecule has 2 aromatic carbocycles. The van der Waals surface area contributed by atoms with E-state index in [1.165, 1.54) is 4.90 Å². The highest BCUT2D eigenvalue weighted by molar-refractivity contribution is 6.02. The van der Waals surface area contributed by atoms with Crippen LogP contribution in [0.15, 0.2) is 52.9 Å². The zero-order valence-electron chi connectivity index (χ0n) is 20.9. The highest BCUT2D eigenvalue weighted by Crippen LogP contribution is 2.34. The number of ether oxygens (including phenoxy) is 2. The standard InChI is InChI=1S/C28H30N2O6/c1-5-18(3)29-28(33)26-12-10-21(36-26)14-30-22-13-20(9-11-25(22)35-16-27(30)32)23(31)15-34-24-8-6-7-17(2)19(24)4/h6-13,18H,5,14-16H2,1-4H3,(H,29,33)/t18-/m1/s1. The molecule has 3 aromatic rings. The van der Waals surface area contributed by atoms with Crippen molar-refractivity contribution in [3.8, 4) is 11.5 Å². The summed E-state index contributed by atoms with van der Waals surface area (Å²) in [6.07, 6.45) is 0.801. The number of rotatable bonds is 9. The highest BCUT2D eigenvalue weighted by Gasteiger charge is 2.28. The van der Waals surface area contributed by atoms with Gasteiger partial charge in [-0.2, -0.15) is 0 Å². The van der Waals surface area contributed by atoms with Gasteiger partial charge in [-0.3, -0.25) is 19.3 Å². The van der Waals surface area contributed by atoms with Gasteiger partial charge < -0.3 is 19.2 Å². The predicted molar refractivity (Wildman–Crippen MR) is 135 cm³/mol. The zero-order valence-corrected chi connectivity index (χ0v) is 20.9. The Morgan fingerprint density at radius 1 is 1.14 bits per heavy atom. The number of benzene rings is 2. The minimum atomic E-state index is -0.305. The molecule has 0 aliphatic carbocycles. The Balaban J connectivity index is 1.50. The van der Waals surface area contributed by atoms with Gasteiger partial charge in [0, 0.05) is 11.6 Å². The predicted octanol–water partition coefficient (Wildman–Crippen LogP) is 4.61. The van der Waals surface area contributed by atoms with E-state index in [2.05, 4.69) is 5.32 Å². The Morgan fingerprint density at radius 2 is 1.94 bits per heavy atom. The minimum absolute atomic E-state index is 0.0218. The van der Waals surface area contributed by atoms with Gasteiger partial charge in [0.05, 0.1) is 12.2 Å². The third-order valence-electron chi connectivity index (χ3n) is 6.33. The number of nitrogens with one attached hydrogen (secondary N) is 1. The molecule has 0 bridgehead atoms. The number of amides is 2. The number of hydrogen-bond donors (Lipinski definition) is 1. The Kier molecular flexibility index (Phi) is 7.43. The first kappa shape index (κ1) is 25.0. The van der Waals surface area contributed by atoms with E-state index in [9.17, 15) is 14.4 Å². The molecule has 0 spiro atoms. The van der Waals surface area contributed by atoms with E-state index in [0.29, 0.717) is 28.5 Å². The minimum Gasteiger partial charge on any atom is -0.485 e. The highest BCUT2D eigenvalue weighted by atomic mass is 16.5. The molecule has 36 heavy (non-hydrogen) atoms. The van der Waals surface area contributed by atoms with Crippen LogP contribution < -0.4 is 19.7 Å². The zero-order chi connectivity index (χ0) is 25.8. The Bertz CT molecular complexity index is 1290. The lowest BCUT2D eigenvalue weighted by molar-refractivity contribution is -0.121. The quantitative estimate of drug-likeness (QED) is 0.440. The number of furan rings is 1.